The Hall–Kier alpha value is -1.27. The summed E-state index contributed by atoms with van der Waals surface area (Å²) in [6.07, 6.45) is 10.3. The zero-order valence-electron chi connectivity index (χ0n) is 8.40. The van der Waals surface area contributed by atoms with Crippen molar-refractivity contribution in [3.05, 3.63) is 12.2 Å². The van der Waals surface area contributed by atoms with Crippen LogP contribution in [0.2, 0.25) is 0 Å². The third-order valence-corrected chi connectivity index (χ3v) is 1.72. The molecule has 0 heterocycles. The summed E-state index contributed by atoms with van der Waals surface area (Å²) in [7, 11) is 1.34. The zero-order chi connectivity index (χ0) is 10.8. The van der Waals surface area contributed by atoms with E-state index in [1.807, 2.05) is 0 Å². The number of terminal acetylenes is 1. The minimum Gasteiger partial charge on any atom is -0.466 e. The summed E-state index contributed by atoms with van der Waals surface area (Å²) >= 11 is 0. The van der Waals surface area contributed by atoms with E-state index in [-0.39, 0.29) is 5.97 Å². The predicted molar refractivity (Wildman–Crippen MR) is 54.5 cm³/mol. The van der Waals surface area contributed by atoms with Crippen molar-refractivity contribution >= 4 is 5.97 Å². The van der Waals surface area contributed by atoms with Crippen LogP contribution in [0.15, 0.2) is 12.2 Å². The summed E-state index contributed by atoms with van der Waals surface area (Å²) in [5.41, 5.74) is 0. The molecule has 1 atom stereocenters. The average Bonchev–Trinajstić information content (AvgIpc) is 2.17. The fourth-order valence-electron chi connectivity index (χ4n) is 0.957. The third-order valence-electron chi connectivity index (χ3n) is 1.72. The number of esters is 1. The number of methoxy groups -OCH3 is 1. The van der Waals surface area contributed by atoms with Gasteiger partial charge in [-0.15, -0.1) is 12.3 Å². The van der Waals surface area contributed by atoms with Gasteiger partial charge < -0.3 is 9.84 Å². The number of ether oxygens (including phenoxy) is 1. The molecule has 0 rings (SSSR count). The molecule has 0 aromatic heterocycles. The molecular weight excluding hydrogens is 180 g/mol. The van der Waals surface area contributed by atoms with E-state index in [4.69, 9.17) is 6.42 Å². The summed E-state index contributed by atoms with van der Waals surface area (Å²) in [5.74, 6) is 2.04. The summed E-state index contributed by atoms with van der Waals surface area (Å²) in [5, 5.41) is 9.25. The third kappa shape index (κ3) is 7.38. The zero-order valence-corrected chi connectivity index (χ0v) is 8.40. The normalized spacial score (nSPS) is 12.4. The van der Waals surface area contributed by atoms with Crippen molar-refractivity contribution in [2.75, 3.05) is 7.11 Å². The second-order valence-corrected chi connectivity index (χ2v) is 2.92. The lowest BCUT2D eigenvalue weighted by atomic mass is 10.1. The lowest BCUT2D eigenvalue weighted by molar-refractivity contribution is -0.134. The van der Waals surface area contributed by atoms with E-state index in [1.165, 1.54) is 13.2 Å². The number of hydrogen-bond donors (Lipinski definition) is 1. The molecule has 0 aliphatic carbocycles. The molecule has 14 heavy (non-hydrogen) atoms. The monoisotopic (exact) mass is 196 g/mol. The van der Waals surface area contributed by atoms with Crippen LogP contribution >= 0.6 is 0 Å². The van der Waals surface area contributed by atoms with Gasteiger partial charge in [0.25, 0.3) is 0 Å². The molecule has 0 saturated heterocycles. The Bertz CT molecular complexity index is 225. The Labute approximate surface area is 84.8 Å². The highest BCUT2D eigenvalue weighted by Crippen LogP contribution is 2.04. The fraction of sp³-hybridized carbons (Fsp3) is 0.545. The van der Waals surface area contributed by atoms with Crippen LogP contribution < -0.4 is 0 Å². The second-order valence-electron chi connectivity index (χ2n) is 2.92. The number of allylic oxidation sites excluding steroid dienone is 1. The van der Waals surface area contributed by atoms with Gasteiger partial charge in [-0.05, 0) is 19.3 Å². The van der Waals surface area contributed by atoms with E-state index < -0.39 is 6.10 Å². The van der Waals surface area contributed by atoms with Gasteiger partial charge in [0, 0.05) is 12.5 Å². The van der Waals surface area contributed by atoms with E-state index in [0.29, 0.717) is 12.8 Å². The van der Waals surface area contributed by atoms with Crippen LogP contribution in [0.3, 0.4) is 0 Å². The SMILES string of the molecule is C#CCC(O)CCCC=CC(=O)OC. The Morgan fingerprint density at radius 1 is 1.71 bits per heavy atom. The molecule has 0 amide bonds. The first-order chi connectivity index (χ1) is 6.70. The summed E-state index contributed by atoms with van der Waals surface area (Å²) in [6.45, 7) is 0. The van der Waals surface area contributed by atoms with E-state index >= 15 is 0 Å². The Morgan fingerprint density at radius 3 is 3.00 bits per heavy atom. The molecular formula is C11H16O3. The van der Waals surface area contributed by atoms with Crippen molar-refractivity contribution in [3.8, 4) is 12.3 Å². The first-order valence-electron chi connectivity index (χ1n) is 4.56. The van der Waals surface area contributed by atoms with Gasteiger partial charge in [-0.3, -0.25) is 0 Å². The first-order valence-corrected chi connectivity index (χ1v) is 4.56. The summed E-state index contributed by atoms with van der Waals surface area (Å²) in [6, 6.07) is 0. The van der Waals surface area contributed by atoms with Crippen molar-refractivity contribution in [3.63, 3.8) is 0 Å². The molecule has 1 N–H and O–H groups in total. The number of carbonyl (C=O) groups excluding carboxylic acids is 1. The molecule has 3 heteroatoms. The van der Waals surface area contributed by atoms with Crippen molar-refractivity contribution in [1.82, 2.24) is 0 Å². The minimum absolute atomic E-state index is 0.353. The number of unbranched alkanes of at least 4 members (excludes halogenated alkanes) is 1. The van der Waals surface area contributed by atoms with E-state index in [1.54, 1.807) is 6.08 Å². The van der Waals surface area contributed by atoms with Crippen LogP contribution in [0.5, 0.6) is 0 Å². The lowest BCUT2D eigenvalue weighted by Gasteiger charge is -2.03. The van der Waals surface area contributed by atoms with Gasteiger partial charge in [0.15, 0.2) is 0 Å². The highest BCUT2D eigenvalue weighted by atomic mass is 16.5. The Balaban J connectivity index is 3.42. The standard InChI is InChI=1S/C11H16O3/c1-3-7-10(12)8-5-4-6-9-11(13)14-2/h1,6,9-10,12H,4-5,7-8H2,2H3. The quantitative estimate of drug-likeness (QED) is 0.301. The van der Waals surface area contributed by atoms with Gasteiger partial charge in [0.05, 0.1) is 13.2 Å². The van der Waals surface area contributed by atoms with Crippen molar-refractivity contribution in [2.24, 2.45) is 0 Å². The van der Waals surface area contributed by atoms with Crippen LogP contribution in [0.1, 0.15) is 25.7 Å². The highest BCUT2D eigenvalue weighted by molar-refractivity contribution is 5.81. The molecule has 3 nitrogen and oxygen atoms in total. The molecule has 0 aliphatic rings. The second kappa shape index (κ2) is 8.33. The highest BCUT2D eigenvalue weighted by Gasteiger charge is 1.99. The van der Waals surface area contributed by atoms with Gasteiger partial charge in [0.2, 0.25) is 0 Å². The van der Waals surface area contributed by atoms with Crippen molar-refractivity contribution in [2.45, 2.75) is 31.8 Å². The number of carbonyl (C=O) groups is 1. The van der Waals surface area contributed by atoms with Gasteiger partial charge in [-0.1, -0.05) is 6.08 Å². The van der Waals surface area contributed by atoms with E-state index in [9.17, 15) is 9.90 Å². The van der Waals surface area contributed by atoms with E-state index in [0.717, 1.165) is 12.8 Å². The average molecular weight is 196 g/mol. The van der Waals surface area contributed by atoms with Crippen molar-refractivity contribution < 1.29 is 14.6 Å². The minimum atomic E-state index is -0.425. The maximum Gasteiger partial charge on any atom is 0.330 e. The van der Waals surface area contributed by atoms with Crippen LogP contribution in [0.4, 0.5) is 0 Å². The maximum atomic E-state index is 10.6. The van der Waals surface area contributed by atoms with Crippen LogP contribution in [0.25, 0.3) is 0 Å². The molecule has 78 valence electrons. The van der Waals surface area contributed by atoms with Crippen LogP contribution in [-0.4, -0.2) is 24.3 Å². The Kier molecular flexibility index (Phi) is 7.58. The Morgan fingerprint density at radius 2 is 2.43 bits per heavy atom. The molecule has 1 unspecified atom stereocenters. The molecule has 0 saturated carbocycles. The van der Waals surface area contributed by atoms with Crippen LogP contribution in [0, 0.1) is 12.3 Å². The molecule has 0 bridgehead atoms. The molecule has 0 fully saturated rings. The van der Waals surface area contributed by atoms with Gasteiger partial charge in [0.1, 0.15) is 0 Å². The maximum absolute atomic E-state index is 10.6. The fourth-order valence-corrected chi connectivity index (χ4v) is 0.957. The number of hydrogen-bond acceptors (Lipinski definition) is 3. The van der Waals surface area contributed by atoms with Gasteiger partial charge >= 0.3 is 5.97 Å². The van der Waals surface area contributed by atoms with Gasteiger partial charge in [-0.25, -0.2) is 4.79 Å². The van der Waals surface area contributed by atoms with Crippen molar-refractivity contribution in [1.29, 1.82) is 0 Å². The number of rotatable bonds is 6. The largest absolute Gasteiger partial charge is 0.466 e. The number of aliphatic hydroxyl groups is 1. The smallest absolute Gasteiger partial charge is 0.330 e. The van der Waals surface area contributed by atoms with Crippen LogP contribution in [-0.2, 0) is 9.53 Å². The lowest BCUT2D eigenvalue weighted by Crippen LogP contribution is -2.04. The molecule has 0 spiro atoms. The molecule has 0 aliphatic heterocycles. The predicted octanol–water partition coefficient (Wildman–Crippen LogP) is 1.27. The molecule has 0 aromatic rings. The van der Waals surface area contributed by atoms with Gasteiger partial charge in [-0.2, -0.15) is 0 Å². The summed E-state index contributed by atoms with van der Waals surface area (Å²) < 4.78 is 4.41. The summed E-state index contributed by atoms with van der Waals surface area (Å²) in [4.78, 5) is 10.6. The topological polar surface area (TPSA) is 46.5 Å². The molecule has 0 radical (unpaired) electrons. The first kappa shape index (κ1) is 12.7. The van der Waals surface area contributed by atoms with E-state index in [2.05, 4.69) is 10.7 Å². The molecule has 0 aromatic carbocycles. The number of aliphatic hydroxyl groups excluding tert-OH is 1.